The summed E-state index contributed by atoms with van der Waals surface area (Å²) in [7, 11) is -3.43. The lowest BCUT2D eigenvalue weighted by atomic mass is 9.86. The Morgan fingerprint density at radius 3 is 2.52 bits per heavy atom. The Bertz CT molecular complexity index is 727. The highest BCUT2D eigenvalue weighted by Gasteiger charge is 2.34. The number of hydrogen-bond donors (Lipinski definition) is 0. The number of nitriles is 1. The van der Waals surface area contributed by atoms with Crippen molar-refractivity contribution in [2.45, 2.75) is 31.1 Å². The van der Waals surface area contributed by atoms with Crippen molar-refractivity contribution in [2.75, 3.05) is 13.1 Å². The summed E-state index contributed by atoms with van der Waals surface area (Å²) >= 11 is 0. The average molecular weight is 302 g/mol. The predicted molar refractivity (Wildman–Crippen MR) is 79.9 cm³/mol. The maximum Gasteiger partial charge on any atom is 0.243 e. The van der Waals surface area contributed by atoms with E-state index in [9.17, 15) is 8.42 Å². The number of rotatable bonds is 2. The molecule has 21 heavy (non-hydrogen) atoms. The molecule has 110 valence electrons. The van der Waals surface area contributed by atoms with Crippen molar-refractivity contribution in [3.8, 4) is 6.07 Å². The fourth-order valence-corrected chi connectivity index (χ4v) is 4.49. The second-order valence-electron chi connectivity index (χ2n) is 5.86. The number of sulfonamides is 1. The molecule has 2 aliphatic rings. The third kappa shape index (κ3) is 2.61. The van der Waals surface area contributed by atoms with Crippen LogP contribution >= 0.6 is 0 Å². The average Bonchev–Trinajstić information content (AvgIpc) is 2.91. The summed E-state index contributed by atoms with van der Waals surface area (Å²) in [5.41, 5.74) is 3.42. The van der Waals surface area contributed by atoms with Crippen LogP contribution in [0.5, 0.6) is 0 Å². The van der Waals surface area contributed by atoms with Crippen molar-refractivity contribution in [3.05, 3.63) is 41.0 Å². The van der Waals surface area contributed by atoms with Gasteiger partial charge in [-0.15, -0.1) is 0 Å². The predicted octanol–water partition coefficient (Wildman–Crippen LogP) is 2.62. The van der Waals surface area contributed by atoms with Crippen LogP contribution in [0.25, 0.3) is 0 Å². The van der Waals surface area contributed by atoms with E-state index in [1.54, 1.807) is 16.4 Å². The standard InChI is InChI=1S/C16H18N2O2S/c1-12-2-6-16(7-3-12)21(19,20)18-10-14-5-4-13(9-17)8-15(14)11-18/h2-3,6-7,13H,4-5,8,10-11H2,1H3/t13-/m1/s1. The van der Waals surface area contributed by atoms with Gasteiger partial charge in [0.25, 0.3) is 0 Å². The van der Waals surface area contributed by atoms with Crippen LogP contribution in [0.3, 0.4) is 0 Å². The largest absolute Gasteiger partial charge is 0.243 e. The third-order valence-corrected chi connectivity index (χ3v) is 6.17. The molecule has 1 aliphatic heterocycles. The minimum absolute atomic E-state index is 0.0470. The minimum Gasteiger partial charge on any atom is -0.207 e. The molecule has 1 aliphatic carbocycles. The van der Waals surface area contributed by atoms with Crippen molar-refractivity contribution < 1.29 is 8.42 Å². The topological polar surface area (TPSA) is 61.2 Å². The molecule has 0 saturated carbocycles. The molecule has 0 N–H and O–H groups in total. The van der Waals surface area contributed by atoms with E-state index in [-0.39, 0.29) is 5.92 Å². The molecule has 0 fully saturated rings. The Morgan fingerprint density at radius 2 is 1.86 bits per heavy atom. The van der Waals surface area contributed by atoms with Crippen molar-refractivity contribution in [2.24, 2.45) is 5.92 Å². The fraction of sp³-hybridized carbons (Fsp3) is 0.438. The first-order chi connectivity index (χ1) is 10.0. The van der Waals surface area contributed by atoms with E-state index in [2.05, 4.69) is 6.07 Å². The van der Waals surface area contributed by atoms with Crippen molar-refractivity contribution in [1.29, 1.82) is 5.26 Å². The Labute approximate surface area is 125 Å². The van der Waals surface area contributed by atoms with Gasteiger partial charge >= 0.3 is 0 Å². The second kappa shape index (κ2) is 5.28. The van der Waals surface area contributed by atoms with E-state index in [4.69, 9.17) is 5.26 Å². The quantitative estimate of drug-likeness (QED) is 0.789. The van der Waals surface area contributed by atoms with Gasteiger partial charge in [0.05, 0.1) is 16.9 Å². The number of benzene rings is 1. The molecule has 4 nitrogen and oxygen atoms in total. The Balaban J connectivity index is 1.81. The van der Waals surface area contributed by atoms with Gasteiger partial charge < -0.3 is 0 Å². The smallest absolute Gasteiger partial charge is 0.207 e. The molecule has 0 radical (unpaired) electrons. The number of nitrogens with zero attached hydrogens (tertiary/aromatic N) is 2. The van der Waals surface area contributed by atoms with Gasteiger partial charge in [0.1, 0.15) is 0 Å². The maximum absolute atomic E-state index is 12.7. The minimum atomic E-state index is -3.43. The molecule has 1 atom stereocenters. The van der Waals surface area contributed by atoms with Crippen LogP contribution in [-0.4, -0.2) is 25.8 Å². The molecule has 0 bridgehead atoms. The number of aryl methyl sites for hydroxylation is 1. The lowest BCUT2D eigenvalue weighted by Crippen LogP contribution is -2.29. The second-order valence-corrected chi connectivity index (χ2v) is 7.80. The van der Waals surface area contributed by atoms with Crippen LogP contribution in [0.2, 0.25) is 0 Å². The van der Waals surface area contributed by atoms with E-state index in [0.29, 0.717) is 18.0 Å². The van der Waals surface area contributed by atoms with Gasteiger partial charge in [-0.05, 0) is 38.3 Å². The molecule has 0 aromatic heterocycles. The van der Waals surface area contributed by atoms with Gasteiger partial charge in [0, 0.05) is 13.1 Å². The molecule has 3 rings (SSSR count). The molecule has 5 heteroatoms. The van der Waals surface area contributed by atoms with Gasteiger partial charge in [-0.25, -0.2) is 8.42 Å². The van der Waals surface area contributed by atoms with Crippen LogP contribution in [0.15, 0.2) is 40.3 Å². The van der Waals surface area contributed by atoms with E-state index in [1.165, 1.54) is 5.57 Å². The SMILES string of the molecule is Cc1ccc(S(=O)(=O)N2CC3=C(C[C@H](C#N)CC3)C2)cc1. The molecule has 0 amide bonds. The third-order valence-electron chi connectivity index (χ3n) is 4.36. The highest BCUT2D eigenvalue weighted by atomic mass is 32.2. The van der Waals surface area contributed by atoms with Crippen molar-refractivity contribution in [1.82, 2.24) is 4.31 Å². The van der Waals surface area contributed by atoms with Crippen LogP contribution in [0.4, 0.5) is 0 Å². The van der Waals surface area contributed by atoms with Crippen LogP contribution in [0, 0.1) is 24.2 Å². The Morgan fingerprint density at radius 1 is 1.19 bits per heavy atom. The van der Waals surface area contributed by atoms with E-state index in [0.717, 1.165) is 30.4 Å². The highest BCUT2D eigenvalue weighted by molar-refractivity contribution is 7.89. The zero-order valence-corrected chi connectivity index (χ0v) is 12.9. The highest BCUT2D eigenvalue weighted by Crippen LogP contribution is 2.36. The molecule has 0 unspecified atom stereocenters. The molecule has 1 heterocycles. The van der Waals surface area contributed by atoms with E-state index >= 15 is 0 Å². The van der Waals surface area contributed by atoms with E-state index in [1.807, 2.05) is 19.1 Å². The molecular weight excluding hydrogens is 284 g/mol. The zero-order chi connectivity index (χ0) is 15.0. The van der Waals surface area contributed by atoms with Gasteiger partial charge in [-0.1, -0.05) is 28.8 Å². The summed E-state index contributed by atoms with van der Waals surface area (Å²) in [6.45, 7) is 2.88. The molecule has 0 saturated heterocycles. The van der Waals surface area contributed by atoms with Gasteiger partial charge in [-0.3, -0.25) is 0 Å². The lowest BCUT2D eigenvalue weighted by molar-refractivity contribution is 0.479. The summed E-state index contributed by atoms with van der Waals surface area (Å²) in [4.78, 5) is 0.352. The van der Waals surface area contributed by atoms with Crippen molar-refractivity contribution in [3.63, 3.8) is 0 Å². The summed E-state index contributed by atoms with van der Waals surface area (Å²) in [5, 5.41) is 9.04. The molecular formula is C16H18N2O2S. The molecule has 1 aromatic carbocycles. The summed E-state index contributed by atoms with van der Waals surface area (Å²) in [6, 6.07) is 9.28. The Kier molecular flexibility index (Phi) is 3.60. The van der Waals surface area contributed by atoms with Crippen LogP contribution < -0.4 is 0 Å². The van der Waals surface area contributed by atoms with Crippen molar-refractivity contribution >= 4 is 10.0 Å². The normalized spacial score (nSPS) is 23.0. The first-order valence-electron chi connectivity index (χ1n) is 7.17. The lowest BCUT2D eigenvalue weighted by Gasteiger charge is -2.17. The van der Waals surface area contributed by atoms with E-state index < -0.39 is 10.0 Å². The summed E-state index contributed by atoms with van der Waals surface area (Å²) in [6.07, 6.45) is 2.44. The first kappa shape index (κ1) is 14.3. The molecule has 0 spiro atoms. The summed E-state index contributed by atoms with van der Waals surface area (Å²) in [5.74, 6) is 0.0470. The fourth-order valence-electron chi connectivity index (χ4n) is 3.06. The van der Waals surface area contributed by atoms with Crippen LogP contribution in [-0.2, 0) is 10.0 Å². The zero-order valence-electron chi connectivity index (χ0n) is 12.0. The number of hydrogen-bond acceptors (Lipinski definition) is 3. The Hall–Kier alpha value is -1.64. The first-order valence-corrected chi connectivity index (χ1v) is 8.61. The van der Waals surface area contributed by atoms with Crippen LogP contribution in [0.1, 0.15) is 24.8 Å². The van der Waals surface area contributed by atoms with Gasteiger partial charge in [-0.2, -0.15) is 9.57 Å². The van der Waals surface area contributed by atoms with Gasteiger partial charge in [0.2, 0.25) is 10.0 Å². The summed E-state index contributed by atoms with van der Waals surface area (Å²) < 4.78 is 26.9. The maximum atomic E-state index is 12.7. The molecule has 1 aromatic rings. The van der Waals surface area contributed by atoms with Gasteiger partial charge in [0.15, 0.2) is 0 Å². The monoisotopic (exact) mass is 302 g/mol.